The molecule has 0 aliphatic heterocycles. The first-order valence-electron chi connectivity index (χ1n) is 6.86. The fourth-order valence-electron chi connectivity index (χ4n) is 2.72. The van der Waals surface area contributed by atoms with E-state index in [1.165, 1.54) is 6.07 Å². The minimum Gasteiger partial charge on any atom is -0.480 e. The van der Waals surface area contributed by atoms with Gasteiger partial charge in [0.15, 0.2) is 11.6 Å². The average molecular weight is 297 g/mol. The maximum absolute atomic E-state index is 13.2. The van der Waals surface area contributed by atoms with Crippen LogP contribution in [0.5, 0.6) is 0 Å². The van der Waals surface area contributed by atoms with Gasteiger partial charge < -0.3 is 10.4 Å². The molecule has 1 aliphatic carbocycles. The zero-order chi connectivity index (χ0) is 15.6. The Morgan fingerprint density at radius 2 is 1.86 bits per heavy atom. The van der Waals surface area contributed by atoms with Crippen LogP contribution in [0.25, 0.3) is 0 Å². The molecule has 1 atom stereocenters. The SMILES string of the molecule is CC(NC(=O)C1(C(=O)O)CCCC1)c1ccc(F)c(F)c1. The van der Waals surface area contributed by atoms with Gasteiger partial charge in [-0.05, 0) is 37.5 Å². The molecule has 1 saturated carbocycles. The Balaban J connectivity index is 2.14. The van der Waals surface area contributed by atoms with E-state index in [9.17, 15) is 23.5 Å². The van der Waals surface area contributed by atoms with Crippen LogP contribution in [0, 0.1) is 17.0 Å². The zero-order valence-corrected chi connectivity index (χ0v) is 11.7. The highest BCUT2D eigenvalue weighted by atomic mass is 19.2. The van der Waals surface area contributed by atoms with E-state index in [1.54, 1.807) is 6.92 Å². The summed E-state index contributed by atoms with van der Waals surface area (Å²) in [5.41, 5.74) is -1.01. The van der Waals surface area contributed by atoms with Gasteiger partial charge >= 0.3 is 5.97 Å². The Kier molecular flexibility index (Phi) is 4.25. The van der Waals surface area contributed by atoms with Crippen molar-refractivity contribution in [1.82, 2.24) is 5.32 Å². The van der Waals surface area contributed by atoms with Crippen LogP contribution in [0.15, 0.2) is 18.2 Å². The van der Waals surface area contributed by atoms with Crippen molar-refractivity contribution in [2.75, 3.05) is 0 Å². The van der Waals surface area contributed by atoms with Crippen molar-refractivity contribution in [2.45, 2.75) is 38.6 Å². The first-order chi connectivity index (χ1) is 9.86. The molecule has 4 nitrogen and oxygen atoms in total. The molecule has 114 valence electrons. The summed E-state index contributed by atoms with van der Waals surface area (Å²) in [5, 5.41) is 11.9. The highest BCUT2D eigenvalue weighted by molar-refractivity contribution is 6.02. The Hall–Kier alpha value is -1.98. The van der Waals surface area contributed by atoms with Crippen LogP contribution in [-0.4, -0.2) is 17.0 Å². The van der Waals surface area contributed by atoms with E-state index >= 15 is 0 Å². The molecule has 6 heteroatoms. The van der Waals surface area contributed by atoms with Gasteiger partial charge in [0.25, 0.3) is 0 Å². The van der Waals surface area contributed by atoms with E-state index in [-0.39, 0.29) is 0 Å². The van der Waals surface area contributed by atoms with Crippen molar-refractivity contribution in [3.8, 4) is 0 Å². The van der Waals surface area contributed by atoms with Crippen LogP contribution in [-0.2, 0) is 9.59 Å². The van der Waals surface area contributed by atoms with Gasteiger partial charge in [-0.1, -0.05) is 18.9 Å². The first-order valence-corrected chi connectivity index (χ1v) is 6.86. The summed E-state index contributed by atoms with van der Waals surface area (Å²) in [7, 11) is 0. The number of aliphatic carboxylic acids is 1. The third-order valence-electron chi connectivity index (χ3n) is 4.09. The van der Waals surface area contributed by atoms with E-state index in [0.717, 1.165) is 12.1 Å². The highest BCUT2D eigenvalue weighted by Crippen LogP contribution is 2.39. The number of benzene rings is 1. The molecule has 2 rings (SSSR count). The summed E-state index contributed by atoms with van der Waals surface area (Å²) in [6.07, 6.45) is 2.00. The fraction of sp³-hybridized carbons (Fsp3) is 0.467. The van der Waals surface area contributed by atoms with Crippen LogP contribution in [0.4, 0.5) is 8.78 Å². The van der Waals surface area contributed by atoms with Crippen LogP contribution in [0.1, 0.15) is 44.2 Å². The van der Waals surface area contributed by atoms with Crippen LogP contribution < -0.4 is 5.32 Å². The molecule has 0 aromatic heterocycles. The van der Waals surface area contributed by atoms with E-state index in [0.29, 0.717) is 31.2 Å². The summed E-state index contributed by atoms with van der Waals surface area (Å²) in [6, 6.07) is 2.76. The number of amides is 1. The third-order valence-corrected chi connectivity index (χ3v) is 4.09. The summed E-state index contributed by atoms with van der Waals surface area (Å²) in [4.78, 5) is 23.7. The van der Waals surface area contributed by atoms with Crippen molar-refractivity contribution >= 4 is 11.9 Å². The smallest absolute Gasteiger partial charge is 0.319 e. The second kappa shape index (κ2) is 5.79. The molecule has 0 radical (unpaired) electrons. The van der Waals surface area contributed by atoms with Gasteiger partial charge in [0.1, 0.15) is 5.41 Å². The number of carbonyl (C=O) groups is 2. The lowest BCUT2D eigenvalue weighted by Crippen LogP contribution is -2.45. The van der Waals surface area contributed by atoms with Crippen molar-refractivity contribution in [3.05, 3.63) is 35.4 Å². The summed E-state index contributed by atoms with van der Waals surface area (Å²) in [5.74, 6) is -3.66. The van der Waals surface area contributed by atoms with Gasteiger partial charge in [0.05, 0.1) is 6.04 Å². The number of carboxylic acids is 1. The molecule has 1 aromatic rings. The molecule has 1 unspecified atom stereocenters. The molecule has 1 amide bonds. The molecule has 21 heavy (non-hydrogen) atoms. The highest BCUT2D eigenvalue weighted by Gasteiger charge is 2.48. The Morgan fingerprint density at radius 3 is 2.38 bits per heavy atom. The third kappa shape index (κ3) is 2.89. The number of nitrogens with one attached hydrogen (secondary N) is 1. The van der Waals surface area contributed by atoms with Gasteiger partial charge in [-0.2, -0.15) is 0 Å². The number of carboxylic acid groups (broad SMARTS) is 1. The second-order valence-electron chi connectivity index (χ2n) is 5.46. The molecule has 1 aliphatic rings. The maximum Gasteiger partial charge on any atom is 0.319 e. The number of hydrogen-bond acceptors (Lipinski definition) is 2. The topological polar surface area (TPSA) is 66.4 Å². The predicted molar refractivity (Wildman–Crippen MR) is 71.5 cm³/mol. The predicted octanol–water partition coefficient (Wildman–Crippen LogP) is 2.79. The molecule has 1 fully saturated rings. The lowest BCUT2D eigenvalue weighted by atomic mass is 9.85. The standard InChI is InChI=1S/C15H17F2NO3/c1-9(10-4-5-11(16)12(17)8-10)18-13(19)15(14(20)21)6-2-3-7-15/h4-5,8-9H,2-3,6-7H2,1H3,(H,18,19)(H,20,21). The molecule has 0 saturated heterocycles. The summed E-state index contributed by atoms with van der Waals surface area (Å²) < 4.78 is 26.1. The molecule has 0 spiro atoms. The normalized spacial score (nSPS) is 18.2. The van der Waals surface area contributed by atoms with Gasteiger partial charge in [-0.25, -0.2) is 8.78 Å². The van der Waals surface area contributed by atoms with E-state index in [4.69, 9.17) is 0 Å². The number of hydrogen-bond donors (Lipinski definition) is 2. The van der Waals surface area contributed by atoms with Crippen molar-refractivity contribution in [1.29, 1.82) is 0 Å². The van der Waals surface area contributed by atoms with E-state index in [2.05, 4.69) is 5.32 Å². The number of halogens is 2. The van der Waals surface area contributed by atoms with Crippen LogP contribution in [0.2, 0.25) is 0 Å². The average Bonchev–Trinajstić information content (AvgIpc) is 2.92. The minimum atomic E-state index is -1.40. The van der Waals surface area contributed by atoms with Gasteiger partial charge in [0.2, 0.25) is 5.91 Å². The number of carbonyl (C=O) groups excluding carboxylic acids is 1. The van der Waals surface area contributed by atoms with Gasteiger partial charge in [-0.15, -0.1) is 0 Å². The van der Waals surface area contributed by atoms with Crippen molar-refractivity contribution in [3.63, 3.8) is 0 Å². The first kappa shape index (κ1) is 15.4. The molecule has 0 heterocycles. The largest absolute Gasteiger partial charge is 0.480 e. The van der Waals surface area contributed by atoms with Crippen LogP contribution >= 0.6 is 0 Å². The van der Waals surface area contributed by atoms with Crippen molar-refractivity contribution < 1.29 is 23.5 Å². The quantitative estimate of drug-likeness (QED) is 0.840. The van der Waals surface area contributed by atoms with E-state index in [1.807, 2.05) is 0 Å². The Morgan fingerprint density at radius 1 is 1.24 bits per heavy atom. The second-order valence-corrected chi connectivity index (χ2v) is 5.46. The molecule has 2 N–H and O–H groups in total. The van der Waals surface area contributed by atoms with Gasteiger partial charge in [0, 0.05) is 0 Å². The van der Waals surface area contributed by atoms with Crippen molar-refractivity contribution in [2.24, 2.45) is 5.41 Å². The summed E-state index contributed by atoms with van der Waals surface area (Å²) in [6.45, 7) is 1.61. The maximum atomic E-state index is 13.2. The minimum absolute atomic E-state index is 0.304. The monoisotopic (exact) mass is 297 g/mol. The molecule has 0 bridgehead atoms. The lowest BCUT2D eigenvalue weighted by molar-refractivity contribution is -0.155. The Labute approximate surface area is 121 Å². The molecular formula is C15H17F2NO3. The van der Waals surface area contributed by atoms with Gasteiger partial charge in [-0.3, -0.25) is 9.59 Å². The molecular weight excluding hydrogens is 280 g/mol. The Bertz CT molecular complexity index is 568. The fourth-order valence-corrected chi connectivity index (χ4v) is 2.72. The summed E-state index contributed by atoms with van der Waals surface area (Å²) >= 11 is 0. The van der Waals surface area contributed by atoms with E-state index < -0.39 is 35.0 Å². The van der Waals surface area contributed by atoms with Crippen LogP contribution in [0.3, 0.4) is 0 Å². The zero-order valence-electron chi connectivity index (χ0n) is 11.7. The molecule has 1 aromatic carbocycles. The number of rotatable bonds is 4. The lowest BCUT2D eigenvalue weighted by Gasteiger charge is -2.25.